The maximum absolute atomic E-state index is 5.83. The molecule has 3 rings (SSSR count). The Labute approximate surface area is 131 Å². The molecule has 3 heteroatoms. The molecule has 3 aromatic rings. The summed E-state index contributed by atoms with van der Waals surface area (Å²) in [7, 11) is 0. The fraction of sp³-hybridized carbons (Fsp3) is 0.316. The van der Waals surface area contributed by atoms with E-state index >= 15 is 0 Å². The summed E-state index contributed by atoms with van der Waals surface area (Å²) < 4.78 is 2.24. The molecule has 0 aliphatic carbocycles. The first-order valence-corrected chi connectivity index (χ1v) is 7.76. The van der Waals surface area contributed by atoms with Crippen LogP contribution in [0.15, 0.2) is 30.3 Å². The van der Waals surface area contributed by atoms with Crippen molar-refractivity contribution in [3.63, 3.8) is 0 Å². The third-order valence-electron chi connectivity index (χ3n) is 4.48. The summed E-state index contributed by atoms with van der Waals surface area (Å²) in [6, 6.07) is 10.9. The highest BCUT2D eigenvalue weighted by Crippen LogP contribution is 2.28. The molecule has 0 atom stereocenters. The van der Waals surface area contributed by atoms with Gasteiger partial charge >= 0.3 is 0 Å². The van der Waals surface area contributed by atoms with Gasteiger partial charge < -0.3 is 10.3 Å². The van der Waals surface area contributed by atoms with E-state index in [9.17, 15) is 0 Å². The lowest BCUT2D eigenvalue weighted by molar-refractivity contribution is 0.735. The molecule has 2 N–H and O–H groups in total. The lowest BCUT2D eigenvalue weighted by Crippen LogP contribution is -2.11. The van der Waals surface area contributed by atoms with Crippen molar-refractivity contribution in [2.24, 2.45) is 5.73 Å². The van der Waals surface area contributed by atoms with Gasteiger partial charge in [0.15, 0.2) is 0 Å². The van der Waals surface area contributed by atoms with E-state index in [0.717, 1.165) is 23.4 Å². The van der Waals surface area contributed by atoms with Crippen LogP contribution in [-0.4, -0.2) is 16.1 Å². The molecule has 0 aliphatic rings. The molecular weight excluding hydrogens is 270 g/mol. The van der Waals surface area contributed by atoms with E-state index in [4.69, 9.17) is 10.7 Å². The van der Waals surface area contributed by atoms with Gasteiger partial charge in [-0.25, -0.2) is 4.98 Å². The average molecular weight is 293 g/mol. The van der Waals surface area contributed by atoms with Crippen molar-refractivity contribution in [1.29, 1.82) is 0 Å². The number of rotatable bonds is 3. The maximum Gasteiger partial charge on any atom is 0.141 e. The highest BCUT2D eigenvalue weighted by Gasteiger charge is 2.13. The van der Waals surface area contributed by atoms with Crippen molar-refractivity contribution in [2.45, 2.75) is 34.2 Å². The van der Waals surface area contributed by atoms with E-state index in [1.54, 1.807) is 0 Å². The Bertz CT molecular complexity index is 843. The Kier molecular flexibility index (Phi) is 3.75. The van der Waals surface area contributed by atoms with Crippen LogP contribution in [0, 0.1) is 27.7 Å². The molecule has 0 spiro atoms. The monoisotopic (exact) mass is 293 g/mol. The highest BCUT2D eigenvalue weighted by atomic mass is 15.1. The fourth-order valence-electron chi connectivity index (χ4n) is 2.84. The number of aryl methyl sites for hydroxylation is 4. The topological polar surface area (TPSA) is 43.8 Å². The number of hydrogen-bond acceptors (Lipinski definition) is 2. The average Bonchev–Trinajstić information content (AvgIpc) is 2.81. The molecule has 2 aromatic carbocycles. The Morgan fingerprint density at radius 1 is 0.909 bits per heavy atom. The van der Waals surface area contributed by atoms with Gasteiger partial charge in [-0.1, -0.05) is 12.1 Å². The quantitative estimate of drug-likeness (QED) is 0.796. The summed E-state index contributed by atoms with van der Waals surface area (Å²) in [6.45, 7) is 9.94. The summed E-state index contributed by atoms with van der Waals surface area (Å²) in [5, 5.41) is 0. The second kappa shape index (κ2) is 5.58. The van der Waals surface area contributed by atoms with Gasteiger partial charge in [-0.05, 0) is 68.1 Å². The van der Waals surface area contributed by atoms with Crippen LogP contribution >= 0.6 is 0 Å². The van der Waals surface area contributed by atoms with Gasteiger partial charge in [0.2, 0.25) is 0 Å². The third kappa shape index (κ3) is 2.42. The summed E-state index contributed by atoms with van der Waals surface area (Å²) in [5.41, 5.74) is 14.4. The molecule has 1 aromatic heterocycles. The van der Waals surface area contributed by atoms with Crippen LogP contribution in [-0.2, 0) is 6.54 Å². The van der Waals surface area contributed by atoms with Crippen molar-refractivity contribution < 1.29 is 0 Å². The molecule has 0 amide bonds. The second-order valence-electron chi connectivity index (χ2n) is 6.10. The zero-order valence-corrected chi connectivity index (χ0v) is 13.8. The SMILES string of the molecule is Cc1ccc(-c2nc3cc(C)c(C)cc3n2CCN)cc1C. The van der Waals surface area contributed by atoms with Crippen molar-refractivity contribution in [3.05, 3.63) is 52.6 Å². The first kappa shape index (κ1) is 14.8. The number of nitrogens with two attached hydrogens (primary N) is 1. The van der Waals surface area contributed by atoms with E-state index in [1.807, 2.05) is 0 Å². The number of aromatic nitrogens is 2. The smallest absolute Gasteiger partial charge is 0.141 e. The second-order valence-corrected chi connectivity index (χ2v) is 6.10. The molecule has 0 fully saturated rings. The third-order valence-corrected chi connectivity index (χ3v) is 4.48. The Hall–Kier alpha value is -2.13. The zero-order chi connectivity index (χ0) is 15.9. The minimum atomic E-state index is 0.607. The van der Waals surface area contributed by atoms with Crippen molar-refractivity contribution in [1.82, 2.24) is 9.55 Å². The minimum Gasteiger partial charge on any atom is -0.329 e. The first-order chi connectivity index (χ1) is 10.5. The normalized spacial score (nSPS) is 11.3. The summed E-state index contributed by atoms with van der Waals surface area (Å²) in [5.74, 6) is 1.01. The fourth-order valence-corrected chi connectivity index (χ4v) is 2.84. The molecule has 0 aliphatic heterocycles. The van der Waals surface area contributed by atoms with E-state index in [-0.39, 0.29) is 0 Å². The number of imidazole rings is 1. The molecule has 0 saturated heterocycles. The van der Waals surface area contributed by atoms with Crippen molar-refractivity contribution in [2.75, 3.05) is 6.54 Å². The van der Waals surface area contributed by atoms with Crippen LogP contribution in [0.25, 0.3) is 22.4 Å². The Balaban J connectivity index is 2.27. The van der Waals surface area contributed by atoms with E-state index in [1.165, 1.54) is 27.8 Å². The maximum atomic E-state index is 5.83. The minimum absolute atomic E-state index is 0.607. The van der Waals surface area contributed by atoms with E-state index in [2.05, 4.69) is 62.6 Å². The van der Waals surface area contributed by atoms with E-state index in [0.29, 0.717) is 6.54 Å². The van der Waals surface area contributed by atoms with Crippen molar-refractivity contribution >= 4 is 11.0 Å². The van der Waals surface area contributed by atoms with Crippen LogP contribution < -0.4 is 5.73 Å². The van der Waals surface area contributed by atoms with Gasteiger partial charge in [0.05, 0.1) is 11.0 Å². The highest BCUT2D eigenvalue weighted by molar-refractivity contribution is 5.82. The summed E-state index contributed by atoms with van der Waals surface area (Å²) in [4.78, 5) is 4.88. The van der Waals surface area contributed by atoms with Crippen LogP contribution in [0.5, 0.6) is 0 Å². The first-order valence-electron chi connectivity index (χ1n) is 7.76. The number of benzene rings is 2. The molecule has 0 saturated carbocycles. The van der Waals surface area contributed by atoms with Gasteiger partial charge in [0.1, 0.15) is 5.82 Å². The molecule has 0 radical (unpaired) electrons. The molecule has 1 heterocycles. The van der Waals surface area contributed by atoms with Crippen LogP contribution in [0.2, 0.25) is 0 Å². The Morgan fingerprint density at radius 3 is 2.27 bits per heavy atom. The molecule has 114 valence electrons. The largest absolute Gasteiger partial charge is 0.329 e. The Morgan fingerprint density at radius 2 is 1.59 bits per heavy atom. The number of fused-ring (bicyclic) bond motifs is 1. The lowest BCUT2D eigenvalue weighted by Gasteiger charge is -2.10. The molecular formula is C19H23N3. The van der Waals surface area contributed by atoms with E-state index < -0.39 is 0 Å². The van der Waals surface area contributed by atoms with Crippen molar-refractivity contribution in [3.8, 4) is 11.4 Å². The summed E-state index contributed by atoms with van der Waals surface area (Å²) >= 11 is 0. The molecule has 3 nitrogen and oxygen atoms in total. The van der Waals surface area contributed by atoms with Crippen LogP contribution in [0.3, 0.4) is 0 Å². The number of hydrogen-bond donors (Lipinski definition) is 1. The van der Waals surface area contributed by atoms with Gasteiger partial charge in [-0.15, -0.1) is 0 Å². The van der Waals surface area contributed by atoms with Gasteiger partial charge in [0.25, 0.3) is 0 Å². The van der Waals surface area contributed by atoms with Gasteiger partial charge in [-0.2, -0.15) is 0 Å². The molecule has 22 heavy (non-hydrogen) atoms. The summed E-state index contributed by atoms with van der Waals surface area (Å²) in [6.07, 6.45) is 0. The molecule has 0 unspecified atom stereocenters. The standard InChI is InChI=1S/C19H23N3/c1-12-5-6-16(9-13(12)2)19-21-17-10-14(3)15(4)11-18(17)22(19)8-7-20/h5-6,9-11H,7-8,20H2,1-4H3. The predicted molar refractivity (Wildman–Crippen MR) is 93.2 cm³/mol. The predicted octanol–water partition coefficient (Wildman–Crippen LogP) is 3.90. The lowest BCUT2D eigenvalue weighted by atomic mass is 10.1. The zero-order valence-electron chi connectivity index (χ0n) is 13.8. The number of nitrogens with zero attached hydrogens (tertiary/aromatic N) is 2. The van der Waals surface area contributed by atoms with Crippen LogP contribution in [0.1, 0.15) is 22.3 Å². The van der Waals surface area contributed by atoms with Crippen LogP contribution in [0.4, 0.5) is 0 Å². The van der Waals surface area contributed by atoms with Gasteiger partial charge in [0, 0.05) is 18.7 Å². The van der Waals surface area contributed by atoms with Gasteiger partial charge in [-0.3, -0.25) is 0 Å². The molecule has 0 bridgehead atoms.